The van der Waals surface area contributed by atoms with Gasteiger partial charge >= 0.3 is 0 Å². The van der Waals surface area contributed by atoms with Crippen LogP contribution in [0.4, 0.5) is 0 Å². The van der Waals surface area contributed by atoms with Crippen LogP contribution in [-0.4, -0.2) is 37.0 Å². The monoisotopic (exact) mass is 201 g/mol. The van der Waals surface area contributed by atoms with Crippen LogP contribution in [0.25, 0.3) is 0 Å². The van der Waals surface area contributed by atoms with E-state index in [4.69, 9.17) is 9.84 Å². The number of rotatable bonds is 6. The Morgan fingerprint density at radius 3 is 2.93 bits per heavy atom. The highest BCUT2D eigenvalue weighted by atomic mass is 16.5. The van der Waals surface area contributed by atoms with E-state index < -0.39 is 0 Å². The van der Waals surface area contributed by atoms with Crippen molar-refractivity contribution in [3.05, 3.63) is 0 Å². The molecule has 1 aliphatic rings. The van der Waals surface area contributed by atoms with Gasteiger partial charge in [0.1, 0.15) is 0 Å². The average Bonchev–Trinajstić information content (AvgIpc) is 2.25. The molecule has 1 aliphatic heterocycles. The van der Waals surface area contributed by atoms with Gasteiger partial charge in [0.15, 0.2) is 0 Å². The van der Waals surface area contributed by atoms with E-state index in [0.29, 0.717) is 12.1 Å². The Bertz CT molecular complexity index is 130. The third-order valence-corrected chi connectivity index (χ3v) is 2.88. The Kier molecular flexibility index (Phi) is 6.15. The summed E-state index contributed by atoms with van der Waals surface area (Å²) in [5.74, 6) is 0. The van der Waals surface area contributed by atoms with Crippen LogP contribution in [0.5, 0.6) is 0 Å². The molecule has 1 rings (SSSR count). The first-order valence-corrected chi connectivity index (χ1v) is 5.82. The van der Waals surface area contributed by atoms with E-state index in [1.54, 1.807) is 0 Å². The van der Waals surface area contributed by atoms with E-state index in [2.05, 4.69) is 12.2 Å². The topological polar surface area (TPSA) is 41.5 Å². The zero-order valence-corrected chi connectivity index (χ0v) is 9.17. The molecule has 14 heavy (non-hydrogen) atoms. The summed E-state index contributed by atoms with van der Waals surface area (Å²) in [7, 11) is 0. The standard InChI is InChI=1S/C11H23NO2/c1-2-10(6-7-13)12-9-11-5-3-4-8-14-11/h10-13H,2-9H2,1H3. The molecule has 3 nitrogen and oxygen atoms in total. The molecule has 3 heteroatoms. The molecular formula is C11H23NO2. The van der Waals surface area contributed by atoms with Crippen molar-refractivity contribution in [2.45, 2.75) is 51.2 Å². The third kappa shape index (κ3) is 4.40. The van der Waals surface area contributed by atoms with E-state index in [-0.39, 0.29) is 6.61 Å². The summed E-state index contributed by atoms with van der Waals surface area (Å²) in [6.45, 7) is 4.29. The molecule has 0 aromatic carbocycles. The van der Waals surface area contributed by atoms with Crippen molar-refractivity contribution in [2.75, 3.05) is 19.8 Å². The van der Waals surface area contributed by atoms with Crippen LogP contribution in [-0.2, 0) is 4.74 Å². The maximum atomic E-state index is 8.83. The number of aliphatic hydroxyl groups is 1. The molecule has 0 spiro atoms. The zero-order valence-electron chi connectivity index (χ0n) is 9.17. The highest BCUT2D eigenvalue weighted by Crippen LogP contribution is 2.12. The summed E-state index contributed by atoms with van der Waals surface area (Å²) in [6, 6.07) is 0.450. The summed E-state index contributed by atoms with van der Waals surface area (Å²) >= 11 is 0. The van der Waals surface area contributed by atoms with Crippen molar-refractivity contribution in [2.24, 2.45) is 0 Å². The zero-order chi connectivity index (χ0) is 10.2. The first-order valence-electron chi connectivity index (χ1n) is 5.82. The first kappa shape index (κ1) is 12.0. The predicted molar refractivity (Wildman–Crippen MR) is 57.4 cm³/mol. The maximum absolute atomic E-state index is 8.83. The summed E-state index contributed by atoms with van der Waals surface area (Å²) in [5.41, 5.74) is 0. The Labute approximate surface area is 86.8 Å². The van der Waals surface area contributed by atoms with Gasteiger partial charge in [0.05, 0.1) is 6.10 Å². The Morgan fingerprint density at radius 1 is 1.50 bits per heavy atom. The van der Waals surface area contributed by atoms with E-state index in [1.165, 1.54) is 19.3 Å². The predicted octanol–water partition coefficient (Wildman–Crippen LogP) is 1.31. The van der Waals surface area contributed by atoms with Crippen LogP contribution >= 0.6 is 0 Å². The van der Waals surface area contributed by atoms with Crippen molar-refractivity contribution in [1.29, 1.82) is 0 Å². The molecule has 1 heterocycles. The molecule has 0 aliphatic carbocycles. The molecule has 0 aromatic heterocycles. The summed E-state index contributed by atoms with van der Waals surface area (Å²) in [4.78, 5) is 0. The second kappa shape index (κ2) is 7.21. The minimum Gasteiger partial charge on any atom is -0.396 e. The number of nitrogens with one attached hydrogen (secondary N) is 1. The maximum Gasteiger partial charge on any atom is 0.0699 e. The van der Waals surface area contributed by atoms with Crippen molar-refractivity contribution in [1.82, 2.24) is 5.32 Å². The van der Waals surface area contributed by atoms with E-state index in [1.807, 2.05) is 0 Å². The van der Waals surface area contributed by atoms with Crippen molar-refractivity contribution in [3.8, 4) is 0 Å². The minimum atomic E-state index is 0.275. The van der Waals surface area contributed by atoms with Gasteiger partial charge in [-0.2, -0.15) is 0 Å². The van der Waals surface area contributed by atoms with Crippen molar-refractivity contribution < 1.29 is 9.84 Å². The summed E-state index contributed by atoms with van der Waals surface area (Å²) in [5, 5.41) is 12.3. The van der Waals surface area contributed by atoms with E-state index in [0.717, 1.165) is 26.0 Å². The molecule has 0 amide bonds. The van der Waals surface area contributed by atoms with Gasteiger partial charge in [-0.05, 0) is 32.1 Å². The molecule has 0 aromatic rings. The molecule has 2 unspecified atom stereocenters. The molecule has 0 radical (unpaired) electrons. The fourth-order valence-electron chi connectivity index (χ4n) is 1.87. The second-order valence-corrected chi connectivity index (χ2v) is 4.01. The van der Waals surface area contributed by atoms with E-state index in [9.17, 15) is 0 Å². The minimum absolute atomic E-state index is 0.275. The fourth-order valence-corrected chi connectivity index (χ4v) is 1.87. The Balaban J connectivity index is 2.10. The van der Waals surface area contributed by atoms with Crippen LogP contribution in [0.15, 0.2) is 0 Å². The largest absolute Gasteiger partial charge is 0.396 e. The lowest BCUT2D eigenvalue weighted by molar-refractivity contribution is 0.0148. The van der Waals surface area contributed by atoms with Crippen LogP contribution in [0.2, 0.25) is 0 Å². The van der Waals surface area contributed by atoms with Gasteiger partial charge in [0, 0.05) is 25.8 Å². The quantitative estimate of drug-likeness (QED) is 0.681. The van der Waals surface area contributed by atoms with Gasteiger partial charge in [0.2, 0.25) is 0 Å². The van der Waals surface area contributed by atoms with Gasteiger partial charge in [-0.15, -0.1) is 0 Å². The Morgan fingerprint density at radius 2 is 2.36 bits per heavy atom. The van der Waals surface area contributed by atoms with Gasteiger partial charge < -0.3 is 15.2 Å². The lowest BCUT2D eigenvalue weighted by Crippen LogP contribution is -2.38. The molecule has 1 fully saturated rings. The number of hydrogen-bond donors (Lipinski definition) is 2. The van der Waals surface area contributed by atoms with Crippen LogP contribution in [0.1, 0.15) is 39.0 Å². The average molecular weight is 201 g/mol. The SMILES string of the molecule is CCC(CCO)NCC1CCCCO1. The lowest BCUT2D eigenvalue weighted by Gasteiger charge is -2.25. The second-order valence-electron chi connectivity index (χ2n) is 4.01. The number of ether oxygens (including phenoxy) is 1. The van der Waals surface area contributed by atoms with Crippen LogP contribution in [0, 0.1) is 0 Å². The lowest BCUT2D eigenvalue weighted by atomic mass is 10.1. The van der Waals surface area contributed by atoms with E-state index >= 15 is 0 Å². The normalized spacial score (nSPS) is 24.9. The van der Waals surface area contributed by atoms with Crippen LogP contribution < -0.4 is 5.32 Å². The molecule has 2 atom stereocenters. The highest BCUT2D eigenvalue weighted by molar-refractivity contribution is 4.71. The van der Waals surface area contributed by atoms with Crippen LogP contribution in [0.3, 0.4) is 0 Å². The van der Waals surface area contributed by atoms with Gasteiger partial charge in [0.25, 0.3) is 0 Å². The number of aliphatic hydroxyl groups excluding tert-OH is 1. The highest BCUT2D eigenvalue weighted by Gasteiger charge is 2.14. The van der Waals surface area contributed by atoms with Gasteiger partial charge in [-0.25, -0.2) is 0 Å². The molecule has 0 saturated carbocycles. The molecule has 84 valence electrons. The first-order chi connectivity index (χ1) is 6.86. The summed E-state index contributed by atoms with van der Waals surface area (Å²) in [6.07, 6.45) is 6.02. The molecule has 1 saturated heterocycles. The van der Waals surface area contributed by atoms with Crippen molar-refractivity contribution >= 4 is 0 Å². The molecule has 2 N–H and O–H groups in total. The summed E-state index contributed by atoms with van der Waals surface area (Å²) < 4.78 is 5.63. The fraction of sp³-hybridized carbons (Fsp3) is 1.00. The molecule has 0 bridgehead atoms. The molecular weight excluding hydrogens is 178 g/mol. The Hall–Kier alpha value is -0.120. The number of hydrogen-bond acceptors (Lipinski definition) is 3. The smallest absolute Gasteiger partial charge is 0.0699 e. The van der Waals surface area contributed by atoms with Gasteiger partial charge in [-0.1, -0.05) is 6.92 Å². The van der Waals surface area contributed by atoms with Crippen molar-refractivity contribution in [3.63, 3.8) is 0 Å². The third-order valence-electron chi connectivity index (χ3n) is 2.88. The van der Waals surface area contributed by atoms with Gasteiger partial charge in [-0.3, -0.25) is 0 Å².